The molecule has 9 nitrogen and oxygen atoms in total. The predicted octanol–water partition coefficient (Wildman–Crippen LogP) is 1.87. The number of carbonyl (C=O) groups is 1. The van der Waals surface area contributed by atoms with Crippen LogP contribution in [0.15, 0.2) is 18.2 Å². The van der Waals surface area contributed by atoms with Crippen LogP contribution in [0.3, 0.4) is 0 Å². The third kappa shape index (κ3) is 2.78. The Morgan fingerprint density at radius 1 is 1.36 bits per heavy atom. The van der Waals surface area contributed by atoms with Crippen LogP contribution in [0.25, 0.3) is 11.4 Å². The molecule has 1 aliphatic rings. The fourth-order valence-corrected chi connectivity index (χ4v) is 2.51. The molecule has 0 spiro atoms. The number of hydrogen-bond acceptors (Lipinski definition) is 7. The first-order valence-corrected chi connectivity index (χ1v) is 6.88. The van der Waals surface area contributed by atoms with E-state index in [-0.39, 0.29) is 28.7 Å². The second-order valence-corrected chi connectivity index (χ2v) is 5.05. The highest BCUT2D eigenvalue weighted by Gasteiger charge is 2.24. The Hall–Kier alpha value is -2.84. The standard InChI is InChI=1S/C13H13N5O4/c19-13(22-9-3-1-2-4-9)10-6-5-8(18(20)21)7-11(10)12-14-16-17-15-12/h5-7,9H,1-4H2,(H,14,15,16,17). The Balaban J connectivity index is 1.95. The number of tetrazole rings is 1. The van der Waals surface area contributed by atoms with Gasteiger partial charge in [-0.05, 0) is 42.2 Å². The minimum absolute atomic E-state index is 0.0941. The number of non-ortho nitro benzene ring substituents is 1. The van der Waals surface area contributed by atoms with Crippen LogP contribution < -0.4 is 0 Å². The average Bonchev–Trinajstić information content (AvgIpc) is 3.19. The SMILES string of the molecule is O=C(OC1CCCC1)c1ccc([N+](=O)[O-])cc1-c1nnn[nH]1. The van der Waals surface area contributed by atoms with Gasteiger partial charge in [-0.3, -0.25) is 10.1 Å². The summed E-state index contributed by atoms with van der Waals surface area (Å²) in [6, 6.07) is 3.89. The van der Waals surface area contributed by atoms with Crippen LogP contribution in [0.5, 0.6) is 0 Å². The number of H-pyrrole nitrogens is 1. The van der Waals surface area contributed by atoms with Crippen molar-refractivity contribution >= 4 is 11.7 Å². The number of rotatable bonds is 4. The van der Waals surface area contributed by atoms with Gasteiger partial charge in [0.2, 0.25) is 0 Å². The van der Waals surface area contributed by atoms with Gasteiger partial charge in [0.1, 0.15) is 6.10 Å². The molecule has 0 saturated heterocycles. The molecule has 1 saturated carbocycles. The summed E-state index contributed by atoms with van der Waals surface area (Å²) in [5.41, 5.74) is 0.307. The van der Waals surface area contributed by atoms with Crippen molar-refractivity contribution in [3.63, 3.8) is 0 Å². The Morgan fingerprint density at radius 2 is 2.14 bits per heavy atom. The fourth-order valence-electron chi connectivity index (χ4n) is 2.51. The molecule has 0 radical (unpaired) electrons. The lowest BCUT2D eigenvalue weighted by Gasteiger charge is -2.12. The summed E-state index contributed by atoms with van der Waals surface area (Å²) >= 11 is 0. The van der Waals surface area contributed by atoms with E-state index in [1.54, 1.807) is 0 Å². The maximum atomic E-state index is 12.3. The van der Waals surface area contributed by atoms with Gasteiger partial charge in [0.15, 0.2) is 5.82 Å². The van der Waals surface area contributed by atoms with Crippen molar-refractivity contribution in [2.24, 2.45) is 0 Å². The Labute approximate surface area is 124 Å². The Kier molecular flexibility index (Phi) is 3.77. The van der Waals surface area contributed by atoms with E-state index in [4.69, 9.17) is 4.74 Å². The maximum Gasteiger partial charge on any atom is 0.339 e. The van der Waals surface area contributed by atoms with E-state index < -0.39 is 10.9 Å². The summed E-state index contributed by atoms with van der Waals surface area (Å²) in [4.78, 5) is 22.7. The molecule has 2 aromatic rings. The molecule has 1 aromatic heterocycles. The van der Waals surface area contributed by atoms with Crippen molar-refractivity contribution < 1.29 is 14.5 Å². The average molecular weight is 303 g/mol. The minimum Gasteiger partial charge on any atom is -0.459 e. The van der Waals surface area contributed by atoms with E-state index in [1.807, 2.05) is 0 Å². The molecule has 114 valence electrons. The van der Waals surface area contributed by atoms with Gasteiger partial charge in [-0.1, -0.05) is 0 Å². The van der Waals surface area contributed by atoms with Gasteiger partial charge in [0, 0.05) is 17.7 Å². The van der Waals surface area contributed by atoms with E-state index in [9.17, 15) is 14.9 Å². The highest BCUT2D eigenvalue weighted by molar-refractivity contribution is 5.97. The van der Waals surface area contributed by atoms with Crippen molar-refractivity contribution in [3.05, 3.63) is 33.9 Å². The number of benzene rings is 1. The zero-order valence-electron chi connectivity index (χ0n) is 11.6. The van der Waals surface area contributed by atoms with E-state index in [0.717, 1.165) is 25.7 Å². The lowest BCUT2D eigenvalue weighted by atomic mass is 10.1. The topological polar surface area (TPSA) is 124 Å². The lowest BCUT2D eigenvalue weighted by Crippen LogP contribution is -2.15. The van der Waals surface area contributed by atoms with Gasteiger partial charge >= 0.3 is 5.97 Å². The summed E-state index contributed by atoms with van der Waals surface area (Å²) in [7, 11) is 0. The molecule has 0 unspecified atom stereocenters. The van der Waals surface area contributed by atoms with Crippen LogP contribution in [0.4, 0.5) is 5.69 Å². The molecule has 1 N–H and O–H groups in total. The van der Waals surface area contributed by atoms with Crippen molar-refractivity contribution in [2.75, 3.05) is 0 Å². The van der Waals surface area contributed by atoms with Crippen LogP contribution in [-0.4, -0.2) is 37.6 Å². The van der Waals surface area contributed by atoms with Crippen molar-refractivity contribution in [2.45, 2.75) is 31.8 Å². The molecule has 1 fully saturated rings. The van der Waals surface area contributed by atoms with Crippen LogP contribution in [0.2, 0.25) is 0 Å². The molecular weight excluding hydrogens is 290 g/mol. The third-order valence-electron chi connectivity index (χ3n) is 3.61. The van der Waals surface area contributed by atoms with Crippen LogP contribution in [0, 0.1) is 10.1 Å². The molecule has 1 aromatic carbocycles. The van der Waals surface area contributed by atoms with Crippen molar-refractivity contribution in [1.29, 1.82) is 0 Å². The number of esters is 1. The zero-order chi connectivity index (χ0) is 15.5. The third-order valence-corrected chi connectivity index (χ3v) is 3.61. The van der Waals surface area contributed by atoms with Gasteiger partial charge in [-0.15, -0.1) is 5.10 Å². The predicted molar refractivity (Wildman–Crippen MR) is 73.9 cm³/mol. The number of ether oxygens (including phenoxy) is 1. The first kappa shape index (κ1) is 14.1. The van der Waals surface area contributed by atoms with Gasteiger partial charge in [-0.25, -0.2) is 9.89 Å². The molecular formula is C13H13N5O4. The van der Waals surface area contributed by atoms with Crippen molar-refractivity contribution in [3.8, 4) is 11.4 Å². The second-order valence-electron chi connectivity index (χ2n) is 5.05. The summed E-state index contributed by atoms with van der Waals surface area (Å²) < 4.78 is 5.45. The van der Waals surface area contributed by atoms with Gasteiger partial charge in [-0.2, -0.15) is 0 Å². The number of nitro benzene ring substituents is 1. The number of nitrogens with zero attached hydrogens (tertiary/aromatic N) is 4. The quantitative estimate of drug-likeness (QED) is 0.519. The van der Waals surface area contributed by atoms with Crippen LogP contribution >= 0.6 is 0 Å². The summed E-state index contributed by atoms with van der Waals surface area (Å²) in [5.74, 6) is -0.338. The monoisotopic (exact) mass is 303 g/mol. The highest BCUT2D eigenvalue weighted by Crippen LogP contribution is 2.28. The smallest absolute Gasteiger partial charge is 0.339 e. The number of carbonyl (C=O) groups excluding carboxylic acids is 1. The largest absolute Gasteiger partial charge is 0.459 e. The number of nitrogens with one attached hydrogen (secondary N) is 1. The number of aromatic amines is 1. The molecule has 1 heterocycles. The number of nitro groups is 1. The highest BCUT2D eigenvalue weighted by atomic mass is 16.6. The van der Waals surface area contributed by atoms with E-state index in [2.05, 4.69) is 20.6 Å². The summed E-state index contributed by atoms with van der Waals surface area (Å²) in [6.07, 6.45) is 3.67. The van der Waals surface area contributed by atoms with Crippen LogP contribution in [0.1, 0.15) is 36.0 Å². The lowest BCUT2D eigenvalue weighted by molar-refractivity contribution is -0.384. The number of aromatic nitrogens is 4. The molecule has 22 heavy (non-hydrogen) atoms. The molecule has 1 aliphatic carbocycles. The van der Waals surface area contributed by atoms with Crippen molar-refractivity contribution in [1.82, 2.24) is 20.6 Å². The van der Waals surface area contributed by atoms with E-state index in [0.29, 0.717) is 0 Å². The zero-order valence-corrected chi connectivity index (χ0v) is 11.6. The molecule has 0 amide bonds. The fraction of sp³-hybridized carbons (Fsp3) is 0.385. The molecule has 0 bridgehead atoms. The summed E-state index contributed by atoms with van der Waals surface area (Å²) in [5, 5.41) is 24.0. The Morgan fingerprint density at radius 3 is 2.77 bits per heavy atom. The molecule has 9 heteroatoms. The second kappa shape index (κ2) is 5.88. The van der Waals surface area contributed by atoms with E-state index in [1.165, 1.54) is 18.2 Å². The Bertz CT molecular complexity index is 694. The number of hydrogen-bond donors (Lipinski definition) is 1. The molecule has 3 rings (SSSR count). The van der Waals surface area contributed by atoms with Gasteiger partial charge in [0.25, 0.3) is 5.69 Å². The minimum atomic E-state index is -0.542. The normalized spacial score (nSPS) is 14.9. The van der Waals surface area contributed by atoms with E-state index >= 15 is 0 Å². The first-order valence-electron chi connectivity index (χ1n) is 6.88. The molecule has 0 atom stereocenters. The summed E-state index contributed by atoms with van der Waals surface area (Å²) in [6.45, 7) is 0. The molecule has 0 aliphatic heterocycles. The van der Waals surface area contributed by atoms with Gasteiger partial charge < -0.3 is 4.74 Å². The van der Waals surface area contributed by atoms with Crippen LogP contribution in [-0.2, 0) is 4.74 Å². The van der Waals surface area contributed by atoms with Gasteiger partial charge in [0.05, 0.1) is 10.5 Å². The first-order chi connectivity index (χ1) is 10.6. The maximum absolute atomic E-state index is 12.3.